The van der Waals surface area contributed by atoms with E-state index in [0.717, 1.165) is 6.54 Å². The van der Waals surface area contributed by atoms with Crippen molar-refractivity contribution in [3.8, 4) is 0 Å². The van der Waals surface area contributed by atoms with Gasteiger partial charge in [0.15, 0.2) is 0 Å². The summed E-state index contributed by atoms with van der Waals surface area (Å²) in [6.45, 7) is 7.48. The Balaban J connectivity index is 2.73. The molecule has 1 rings (SSSR count). The first-order valence-electron chi connectivity index (χ1n) is 3.57. The number of hydrogen-bond donors (Lipinski definition) is 0. The zero-order valence-electron chi connectivity index (χ0n) is 6.72. The molecule has 0 amide bonds. The summed E-state index contributed by atoms with van der Waals surface area (Å²) in [6.07, 6.45) is 2.15. The molecule has 2 heteroatoms. The molecule has 0 aromatic carbocycles. The fourth-order valence-electron chi connectivity index (χ4n) is 1.08. The maximum atomic E-state index is 2.31. The number of thioether (sulfide) groups is 1. The number of hydrogen-bond acceptors (Lipinski definition) is 2. The summed E-state index contributed by atoms with van der Waals surface area (Å²) in [5.74, 6) is 0. The molecule has 1 heterocycles. The average molecular weight is 155 g/mol. The third-order valence-electron chi connectivity index (χ3n) is 1.61. The smallest absolute Gasteiger partial charge is 0.0749 e. The summed E-state index contributed by atoms with van der Waals surface area (Å²) >= 11 is 1.81. The van der Waals surface area contributed by atoms with Crippen LogP contribution >= 0.6 is 11.8 Å². The minimum Gasteiger partial charge on any atom is -0.340 e. The molecular weight excluding hydrogens is 142 g/mol. The van der Waals surface area contributed by atoms with Gasteiger partial charge in [0.2, 0.25) is 0 Å². The highest BCUT2D eigenvalue weighted by Crippen LogP contribution is 2.33. The van der Waals surface area contributed by atoms with Gasteiger partial charge in [-0.1, -0.05) is 17.8 Å². The molecule has 0 atom stereocenters. The monoisotopic (exact) mass is 155 g/mol. The predicted molar refractivity (Wildman–Crippen MR) is 47.5 cm³/mol. The van der Waals surface area contributed by atoms with Crippen molar-refractivity contribution in [2.24, 2.45) is 0 Å². The zero-order chi connectivity index (χ0) is 7.56. The van der Waals surface area contributed by atoms with Crippen LogP contribution in [0.4, 0.5) is 0 Å². The van der Waals surface area contributed by atoms with E-state index >= 15 is 0 Å². The van der Waals surface area contributed by atoms with E-state index in [2.05, 4.69) is 37.2 Å². The van der Waals surface area contributed by atoms with E-state index in [1.54, 1.807) is 0 Å². The highest BCUT2D eigenvalue weighted by atomic mass is 32.2. The second kappa shape index (κ2) is 3.15. The Bertz CT molecular complexity index is 182. The number of rotatable bonds is 1. The fraction of sp³-hybridized carbons (Fsp3) is 0.500. The molecule has 1 aliphatic rings. The van der Waals surface area contributed by atoms with Gasteiger partial charge in [-0.25, -0.2) is 0 Å². The summed E-state index contributed by atoms with van der Waals surface area (Å²) in [6, 6.07) is 0. The van der Waals surface area contributed by atoms with Gasteiger partial charge in [-0.2, -0.15) is 0 Å². The van der Waals surface area contributed by atoms with Crippen LogP contribution in [0.15, 0.2) is 22.2 Å². The van der Waals surface area contributed by atoms with Crippen LogP contribution in [-0.4, -0.2) is 11.4 Å². The van der Waals surface area contributed by atoms with E-state index < -0.39 is 0 Å². The van der Waals surface area contributed by atoms with Crippen LogP contribution in [0.1, 0.15) is 20.8 Å². The quantitative estimate of drug-likeness (QED) is 0.573. The molecule has 0 aromatic heterocycles. The van der Waals surface area contributed by atoms with Gasteiger partial charge in [0.05, 0.1) is 5.03 Å². The topological polar surface area (TPSA) is 3.24 Å². The van der Waals surface area contributed by atoms with Gasteiger partial charge in [-0.15, -0.1) is 0 Å². The Morgan fingerprint density at radius 2 is 2.40 bits per heavy atom. The Morgan fingerprint density at radius 3 is 2.80 bits per heavy atom. The van der Waals surface area contributed by atoms with Crippen LogP contribution in [0.3, 0.4) is 0 Å². The maximum absolute atomic E-state index is 2.31. The number of allylic oxidation sites excluding steroid dienone is 2. The molecule has 0 spiro atoms. The van der Waals surface area contributed by atoms with Crippen LogP contribution in [0.2, 0.25) is 0 Å². The van der Waals surface area contributed by atoms with Crippen molar-refractivity contribution in [2.75, 3.05) is 6.54 Å². The van der Waals surface area contributed by atoms with Crippen LogP contribution in [-0.2, 0) is 0 Å². The molecule has 56 valence electrons. The largest absolute Gasteiger partial charge is 0.340 e. The van der Waals surface area contributed by atoms with Gasteiger partial charge >= 0.3 is 0 Å². The van der Waals surface area contributed by atoms with Crippen molar-refractivity contribution >= 4 is 11.8 Å². The Morgan fingerprint density at radius 1 is 1.70 bits per heavy atom. The molecule has 0 aliphatic carbocycles. The first-order chi connectivity index (χ1) is 4.79. The van der Waals surface area contributed by atoms with E-state index in [9.17, 15) is 0 Å². The van der Waals surface area contributed by atoms with Gasteiger partial charge < -0.3 is 4.90 Å². The lowest BCUT2D eigenvalue weighted by Gasteiger charge is -2.18. The Hall–Kier alpha value is -0.370. The first kappa shape index (κ1) is 7.73. The van der Waals surface area contributed by atoms with Crippen LogP contribution in [0.25, 0.3) is 0 Å². The molecule has 0 saturated heterocycles. The Kier molecular flexibility index (Phi) is 2.44. The molecule has 0 aromatic rings. The predicted octanol–water partition coefficient (Wildman–Crippen LogP) is 2.78. The molecule has 0 fully saturated rings. The highest BCUT2D eigenvalue weighted by molar-refractivity contribution is 8.06. The molecule has 1 aliphatic heterocycles. The van der Waals surface area contributed by atoms with E-state index in [4.69, 9.17) is 0 Å². The molecule has 0 radical (unpaired) electrons. The second-order valence-corrected chi connectivity index (χ2v) is 3.14. The fourth-order valence-corrected chi connectivity index (χ4v) is 2.03. The van der Waals surface area contributed by atoms with Gasteiger partial charge in [-0.05, 0) is 26.2 Å². The van der Waals surface area contributed by atoms with Crippen molar-refractivity contribution in [1.82, 2.24) is 4.90 Å². The third kappa shape index (κ3) is 1.21. The van der Waals surface area contributed by atoms with Gasteiger partial charge in [0, 0.05) is 12.2 Å². The van der Waals surface area contributed by atoms with E-state index in [1.807, 2.05) is 11.8 Å². The third-order valence-corrected chi connectivity index (χ3v) is 2.76. The Labute approximate surface area is 66.8 Å². The molecule has 0 unspecified atom stereocenters. The minimum absolute atomic E-state index is 1.08. The van der Waals surface area contributed by atoms with E-state index in [0.29, 0.717) is 0 Å². The summed E-state index contributed by atoms with van der Waals surface area (Å²) in [5, 5.41) is 3.55. The summed E-state index contributed by atoms with van der Waals surface area (Å²) in [5.41, 5.74) is 1.36. The zero-order valence-corrected chi connectivity index (χ0v) is 7.53. The van der Waals surface area contributed by atoms with Gasteiger partial charge in [0.1, 0.15) is 0 Å². The standard InChI is InChI=1S/C8H13NS/c1-4-8-9(5-2)7(3)6-10-8/h4,6H,5H2,1-3H3/b8-4-. The lowest BCUT2D eigenvalue weighted by Crippen LogP contribution is -2.14. The summed E-state index contributed by atoms with van der Waals surface area (Å²) < 4.78 is 0. The number of nitrogens with zero attached hydrogens (tertiary/aromatic N) is 1. The lowest BCUT2D eigenvalue weighted by atomic mass is 10.4. The molecule has 10 heavy (non-hydrogen) atoms. The lowest BCUT2D eigenvalue weighted by molar-refractivity contribution is 0.488. The van der Waals surface area contributed by atoms with Crippen molar-refractivity contribution in [1.29, 1.82) is 0 Å². The SMILES string of the molecule is C/C=C1\SC=C(C)N1CC. The summed E-state index contributed by atoms with van der Waals surface area (Å²) in [4.78, 5) is 2.31. The molecule has 1 nitrogen and oxygen atoms in total. The molecule has 0 saturated carbocycles. The maximum Gasteiger partial charge on any atom is 0.0749 e. The highest BCUT2D eigenvalue weighted by Gasteiger charge is 2.13. The summed E-state index contributed by atoms with van der Waals surface area (Å²) in [7, 11) is 0. The van der Waals surface area contributed by atoms with Crippen molar-refractivity contribution in [3.05, 3.63) is 22.2 Å². The van der Waals surface area contributed by atoms with Gasteiger partial charge in [0.25, 0.3) is 0 Å². The second-order valence-electron chi connectivity index (χ2n) is 2.25. The normalized spacial score (nSPS) is 22.1. The van der Waals surface area contributed by atoms with Crippen molar-refractivity contribution in [2.45, 2.75) is 20.8 Å². The van der Waals surface area contributed by atoms with Crippen LogP contribution in [0, 0.1) is 0 Å². The van der Waals surface area contributed by atoms with E-state index in [-0.39, 0.29) is 0 Å². The molecule has 0 bridgehead atoms. The van der Waals surface area contributed by atoms with Crippen LogP contribution in [0.5, 0.6) is 0 Å². The molecule has 0 N–H and O–H groups in total. The molecular formula is C8H13NS. The van der Waals surface area contributed by atoms with Crippen molar-refractivity contribution < 1.29 is 0 Å². The van der Waals surface area contributed by atoms with Gasteiger partial charge in [-0.3, -0.25) is 0 Å². The van der Waals surface area contributed by atoms with Crippen LogP contribution < -0.4 is 0 Å². The van der Waals surface area contributed by atoms with E-state index in [1.165, 1.54) is 10.7 Å². The minimum atomic E-state index is 1.08. The first-order valence-corrected chi connectivity index (χ1v) is 4.44. The average Bonchev–Trinajstić information content (AvgIpc) is 2.30. The van der Waals surface area contributed by atoms with Crippen molar-refractivity contribution in [3.63, 3.8) is 0 Å².